The first-order chi connectivity index (χ1) is 15.9. The van der Waals surface area contributed by atoms with Crippen molar-refractivity contribution in [2.75, 3.05) is 11.1 Å². The highest BCUT2D eigenvalue weighted by Crippen LogP contribution is 2.38. The van der Waals surface area contributed by atoms with E-state index in [1.165, 1.54) is 36.7 Å². The van der Waals surface area contributed by atoms with Crippen LogP contribution in [0.2, 0.25) is 0 Å². The van der Waals surface area contributed by atoms with Crippen LogP contribution in [0.4, 0.5) is 15.8 Å². The third-order valence-electron chi connectivity index (χ3n) is 6.00. The summed E-state index contributed by atoms with van der Waals surface area (Å²) in [6.45, 7) is 3.96. The van der Waals surface area contributed by atoms with Gasteiger partial charge in [-0.05, 0) is 43.7 Å². The number of amides is 1. The zero-order chi connectivity index (χ0) is 23.5. The van der Waals surface area contributed by atoms with E-state index in [0.717, 1.165) is 6.42 Å². The zero-order valence-corrected chi connectivity index (χ0v) is 18.4. The fraction of sp³-hybridized carbons (Fsp3) is 0.333. The first kappa shape index (κ1) is 22.8. The second-order valence-electron chi connectivity index (χ2n) is 8.09. The molecule has 0 spiro atoms. The van der Waals surface area contributed by atoms with Gasteiger partial charge < -0.3 is 20.9 Å². The first-order valence-electron chi connectivity index (χ1n) is 10.8. The Morgan fingerprint density at radius 2 is 2.12 bits per heavy atom. The van der Waals surface area contributed by atoms with Crippen LogP contribution in [0.3, 0.4) is 0 Å². The average Bonchev–Trinajstić information content (AvgIpc) is 2.80. The van der Waals surface area contributed by atoms with E-state index < -0.39 is 23.9 Å². The molecular weight excluding hydrogens is 425 g/mol. The summed E-state index contributed by atoms with van der Waals surface area (Å²) >= 11 is 0. The van der Waals surface area contributed by atoms with Crippen molar-refractivity contribution in [2.24, 2.45) is 5.92 Å². The number of ether oxygens (including phenoxy) is 1. The molecule has 4 N–H and O–H groups in total. The summed E-state index contributed by atoms with van der Waals surface area (Å²) in [6.07, 6.45) is 4.73. The highest BCUT2D eigenvalue weighted by atomic mass is 19.1. The highest BCUT2D eigenvalue weighted by Gasteiger charge is 2.36. The predicted octanol–water partition coefficient (Wildman–Crippen LogP) is 3.75. The minimum Gasteiger partial charge on any atom is -0.397 e. The number of hydrogen-bond acceptors (Lipinski definition) is 7. The molecule has 172 valence electrons. The number of aliphatic hydroxyl groups is 1. The number of carbonyl (C=O) groups excluding carboxylic acids is 1. The van der Waals surface area contributed by atoms with Crippen LogP contribution in [0.25, 0.3) is 11.4 Å². The molecule has 8 nitrogen and oxygen atoms in total. The van der Waals surface area contributed by atoms with Gasteiger partial charge in [-0.1, -0.05) is 6.92 Å². The molecule has 4 heterocycles. The molecule has 1 saturated heterocycles. The predicted molar refractivity (Wildman–Crippen MR) is 122 cm³/mol. The van der Waals surface area contributed by atoms with Crippen molar-refractivity contribution in [3.63, 3.8) is 0 Å². The van der Waals surface area contributed by atoms with E-state index in [9.17, 15) is 14.3 Å². The maximum absolute atomic E-state index is 14.2. The van der Waals surface area contributed by atoms with E-state index >= 15 is 0 Å². The monoisotopic (exact) mass is 451 g/mol. The minimum absolute atomic E-state index is 0.0256. The Morgan fingerprint density at radius 3 is 2.85 bits per heavy atom. The van der Waals surface area contributed by atoms with E-state index in [1.54, 1.807) is 12.3 Å². The summed E-state index contributed by atoms with van der Waals surface area (Å²) in [6, 6.07) is 7.49. The Balaban J connectivity index is 1.61. The number of nitrogen functional groups attached to an aromatic ring is 1. The van der Waals surface area contributed by atoms with Gasteiger partial charge in [0.1, 0.15) is 5.69 Å². The first-order valence-corrected chi connectivity index (χ1v) is 10.8. The second kappa shape index (κ2) is 9.60. The third kappa shape index (κ3) is 4.69. The summed E-state index contributed by atoms with van der Waals surface area (Å²) in [5, 5.41) is 13.4. The molecule has 4 rings (SSSR count). The molecule has 9 heteroatoms. The molecular formula is C24H26FN5O3. The topological polar surface area (TPSA) is 123 Å². The molecule has 1 amide bonds. The van der Waals surface area contributed by atoms with Gasteiger partial charge in [-0.2, -0.15) is 0 Å². The van der Waals surface area contributed by atoms with Crippen LogP contribution in [-0.2, 0) is 4.74 Å². The van der Waals surface area contributed by atoms with Crippen molar-refractivity contribution in [3.8, 4) is 11.4 Å². The number of aromatic nitrogens is 3. The van der Waals surface area contributed by atoms with Crippen molar-refractivity contribution in [2.45, 2.75) is 45.0 Å². The minimum atomic E-state index is -0.573. The SMILES string of the molecule is CCC1C(O)CC(c2ccncc2NC(=O)c2nc(-c3ncccc3F)ccc2N)OC1C. The summed E-state index contributed by atoms with van der Waals surface area (Å²) in [4.78, 5) is 25.5. The van der Waals surface area contributed by atoms with Gasteiger partial charge in [0.05, 0.1) is 41.6 Å². The molecule has 4 atom stereocenters. The molecule has 0 bridgehead atoms. The number of nitrogens with two attached hydrogens (primary N) is 1. The number of aliphatic hydroxyl groups excluding tert-OH is 1. The van der Waals surface area contributed by atoms with Gasteiger partial charge in [-0.25, -0.2) is 9.37 Å². The average molecular weight is 452 g/mol. The van der Waals surface area contributed by atoms with E-state index in [-0.39, 0.29) is 34.8 Å². The lowest BCUT2D eigenvalue weighted by Crippen LogP contribution is -2.39. The van der Waals surface area contributed by atoms with Crippen LogP contribution >= 0.6 is 0 Å². The Kier molecular flexibility index (Phi) is 6.62. The van der Waals surface area contributed by atoms with Gasteiger partial charge in [-0.3, -0.25) is 14.8 Å². The summed E-state index contributed by atoms with van der Waals surface area (Å²) in [7, 11) is 0. The van der Waals surface area contributed by atoms with Gasteiger partial charge in [0.25, 0.3) is 5.91 Å². The number of halogens is 1. The Bertz CT molecular complexity index is 1150. The van der Waals surface area contributed by atoms with Crippen LogP contribution in [-0.4, -0.2) is 38.2 Å². The summed E-state index contributed by atoms with van der Waals surface area (Å²) in [5.41, 5.74) is 7.42. The molecule has 0 saturated carbocycles. The lowest BCUT2D eigenvalue weighted by molar-refractivity contribution is -0.131. The van der Waals surface area contributed by atoms with E-state index in [0.29, 0.717) is 17.7 Å². The van der Waals surface area contributed by atoms with Crippen molar-refractivity contribution >= 4 is 17.3 Å². The number of nitrogens with zero attached hydrogens (tertiary/aromatic N) is 3. The number of nitrogens with one attached hydrogen (secondary N) is 1. The van der Waals surface area contributed by atoms with Crippen molar-refractivity contribution in [1.82, 2.24) is 15.0 Å². The lowest BCUT2D eigenvalue weighted by Gasteiger charge is -2.38. The Morgan fingerprint density at radius 1 is 1.30 bits per heavy atom. The van der Waals surface area contributed by atoms with Crippen molar-refractivity contribution in [3.05, 3.63) is 66.0 Å². The molecule has 1 aliphatic heterocycles. The fourth-order valence-corrected chi connectivity index (χ4v) is 4.26. The quantitative estimate of drug-likeness (QED) is 0.540. The maximum Gasteiger partial charge on any atom is 0.276 e. The van der Waals surface area contributed by atoms with Crippen LogP contribution in [0.1, 0.15) is 48.8 Å². The smallest absolute Gasteiger partial charge is 0.276 e. The van der Waals surface area contributed by atoms with Gasteiger partial charge in [0.15, 0.2) is 11.5 Å². The van der Waals surface area contributed by atoms with Crippen molar-refractivity contribution in [1.29, 1.82) is 0 Å². The molecule has 3 aromatic heterocycles. The van der Waals surface area contributed by atoms with Crippen molar-refractivity contribution < 1.29 is 19.0 Å². The number of anilines is 2. The number of carbonyl (C=O) groups is 1. The number of pyridine rings is 3. The van der Waals surface area contributed by atoms with Crippen LogP contribution in [0.5, 0.6) is 0 Å². The fourth-order valence-electron chi connectivity index (χ4n) is 4.26. The largest absolute Gasteiger partial charge is 0.397 e. The van der Waals surface area contributed by atoms with E-state index in [4.69, 9.17) is 10.5 Å². The normalized spacial score (nSPS) is 22.7. The third-order valence-corrected chi connectivity index (χ3v) is 6.00. The van der Waals surface area contributed by atoms with Gasteiger partial charge in [-0.15, -0.1) is 0 Å². The molecule has 33 heavy (non-hydrogen) atoms. The molecule has 4 unspecified atom stereocenters. The van der Waals surface area contributed by atoms with Crippen LogP contribution < -0.4 is 11.1 Å². The second-order valence-corrected chi connectivity index (χ2v) is 8.09. The molecule has 0 aliphatic carbocycles. The van der Waals surface area contributed by atoms with Gasteiger partial charge >= 0.3 is 0 Å². The van der Waals surface area contributed by atoms with Gasteiger partial charge in [0.2, 0.25) is 0 Å². The molecule has 3 aromatic rings. The Hall–Kier alpha value is -3.43. The van der Waals surface area contributed by atoms with Crippen LogP contribution in [0, 0.1) is 11.7 Å². The Labute approximate surface area is 191 Å². The number of hydrogen-bond donors (Lipinski definition) is 3. The summed E-state index contributed by atoms with van der Waals surface area (Å²) in [5.74, 6) is -1.07. The maximum atomic E-state index is 14.2. The standard InChI is InChI=1S/C24H26FN5O3/c1-3-14-13(2)33-21(11-20(14)31)15-8-10-27-12-19(15)30-24(32)23-17(26)6-7-18(29-23)22-16(25)5-4-9-28-22/h4-10,12-14,20-21,31H,3,11,26H2,1-2H3,(H,30,32). The van der Waals surface area contributed by atoms with E-state index in [2.05, 4.69) is 20.3 Å². The molecule has 1 fully saturated rings. The van der Waals surface area contributed by atoms with Gasteiger partial charge in [0, 0.05) is 30.3 Å². The highest BCUT2D eigenvalue weighted by molar-refractivity contribution is 6.06. The molecule has 1 aliphatic rings. The molecule has 0 radical (unpaired) electrons. The molecule has 0 aromatic carbocycles. The lowest BCUT2D eigenvalue weighted by atomic mass is 9.85. The number of rotatable bonds is 5. The summed E-state index contributed by atoms with van der Waals surface area (Å²) < 4.78 is 20.3. The zero-order valence-electron chi connectivity index (χ0n) is 18.4. The van der Waals surface area contributed by atoms with Crippen LogP contribution in [0.15, 0.2) is 48.9 Å². The van der Waals surface area contributed by atoms with E-state index in [1.807, 2.05) is 13.8 Å².